The fourth-order valence-corrected chi connectivity index (χ4v) is 5.92. The second-order valence-electron chi connectivity index (χ2n) is 9.87. The first-order chi connectivity index (χ1) is 13.1. The van der Waals surface area contributed by atoms with Gasteiger partial charge in [0.2, 0.25) is 0 Å². The van der Waals surface area contributed by atoms with Gasteiger partial charge < -0.3 is 10.0 Å². The Morgan fingerprint density at radius 3 is 2.14 bits per heavy atom. The van der Waals surface area contributed by atoms with Crippen LogP contribution in [0.1, 0.15) is 64.9 Å². The van der Waals surface area contributed by atoms with Gasteiger partial charge in [-0.15, -0.1) is 0 Å². The summed E-state index contributed by atoms with van der Waals surface area (Å²) in [6.07, 6.45) is 7.39. The van der Waals surface area contributed by atoms with Gasteiger partial charge in [0.25, 0.3) is 0 Å². The minimum Gasteiger partial charge on any atom is -0.391 e. The highest BCUT2D eigenvalue weighted by Crippen LogP contribution is 2.34. The molecule has 4 nitrogen and oxygen atoms in total. The molecule has 1 aromatic carbocycles. The molecule has 0 radical (unpaired) electrons. The molecule has 1 N–H and O–H groups in total. The minimum atomic E-state index is -3.00. The lowest BCUT2D eigenvalue weighted by Gasteiger charge is -2.30. The molecule has 1 atom stereocenters. The van der Waals surface area contributed by atoms with Gasteiger partial charge in [-0.2, -0.15) is 0 Å². The Kier molecular flexibility index (Phi) is 6.76. The number of anilines is 1. The van der Waals surface area contributed by atoms with Crippen LogP contribution >= 0.6 is 0 Å². The Labute approximate surface area is 171 Å². The molecular weight excluding hydrogens is 370 g/mol. The molecule has 3 rings (SSSR count). The third-order valence-electron chi connectivity index (χ3n) is 6.66. The third kappa shape index (κ3) is 5.50. The molecule has 1 saturated heterocycles. The minimum absolute atomic E-state index is 0.187. The summed E-state index contributed by atoms with van der Waals surface area (Å²) in [5.74, 6) is 1.42. The lowest BCUT2D eigenvalue weighted by atomic mass is 9.80. The van der Waals surface area contributed by atoms with Crippen LogP contribution in [0.5, 0.6) is 0 Å². The van der Waals surface area contributed by atoms with Crippen molar-refractivity contribution in [3.63, 3.8) is 0 Å². The lowest BCUT2D eigenvalue weighted by molar-refractivity contribution is 0.198. The van der Waals surface area contributed by atoms with Crippen LogP contribution in [0.2, 0.25) is 0 Å². The summed E-state index contributed by atoms with van der Waals surface area (Å²) in [7, 11) is -3.00. The van der Waals surface area contributed by atoms with Crippen molar-refractivity contribution >= 4 is 15.5 Å². The number of benzene rings is 1. The van der Waals surface area contributed by atoms with Gasteiger partial charge >= 0.3 is 0 Å². The summed E-state index contributed by atoms with van der Waals surface area (Å²) in [5.41, 5.74) is 2.58. The van der Waals surface area contributed by atoms with Gasteiger partial charge in [-0.1, -0.05) is 25.0 Å². The molecule has 5 heteroatoms. The maximum Gasteiger partial charge on any atom is 0.155 e. The van der Waals surface area contributed by atoms with E-state index in [-0.39, 0.29) is 6.10 Å². The molecule has 1 aliphatic heterocycles. The van der Waals surface area contributed by atoms with Crippen molar-refractivity contribution in [2.45, 2.75) is 76.6 Å². The number of aliphatic hydroxyl groups excluding tert-OH is 1. The number of aliphatic hydroxyl groups is 1. The van der Waals surface area contributed by atoms with E-state index in [9.17, 15) is 13.5 Å². The Balaban J connectivity index is 1.42. The van der Waals surface area contributed by atoms with Gasteiger partial charge in [0.15, 0.2) is 9.84 Å². The Hall–Kier alpha value is -1.07. The SMILES string of the molecule is CC(C)(C)S(=O)(=O)CC1CCC(CCc2ccc(N3CCC(O)C3)cc2)CC1. The van der Waals surface area contributed by atoms with Crippen molar-refractivity contribution < 1.29 is 13.5 Å². The zero-order valence-electron chi connectivity index (χ0n) is 17.7. The molecule has 2 aliphatic rings. The van der Waals surface area contributed by atoms with Crippen molar-refractivity contribution in [2.75, 3.05) is 23.7 Å². The summed E-state index contributed by atoms with van der Waals surface area (Å²) >= 11 is 0. The molecule has 28 heavy (non-hydrogen) atoms. The van der Waals surface area contributed by atoms with E-state index in [2.05, 4.69) is 29.2 Å². The molecule has 2 fully saturated rings. The number of nitrogens with zero attached hydrogens (tertiary/aromatic N) is 1. The summed E-state index contributed by atoms with van der Waals surface area (Å²) in [6, 6.07) is 8.81. The lowest BCUT2D eigenvalue weighted by Crippen LogP contribution is -2.34. The highest BCUT2D eigenvalue weighted by Gasteiger charge is 2.33. The Bertz CT molecular complexity index is 728. The molecule has 0 spiro atoms. The molecule has 1 unspecified atom stereocenters. The van der Waals surface area contributed by atoms with Crippen LogP contribution in [-0.4, -0.2) is 43.2 Å². The van der Waals surface area contributed by atoms with Crippen LogP contribution in [0, 0.1) is 11.8 Å². The van der Waals surface area contributed by atoms with Gasteiger partial charge in [0.1, 0.15) is 0 Å². The van der Waals surface area contributed by atoms with Gasteiger partial charge in [0, 0.05) is 18.8 Å². The van der Waals surface area contributed by atoms with Gasteiger partial charge in [-0.05, 0) is 82.4 Å². The number of hydrogen-bond donors (Lipinski definition) is 1. The molecule has 0 bridgehead atoms. The van der Waals surface area contributed by atoms with Crippen LogP contribution in [0.25, 0.3) is 0 Å². The average molecular weight is 408 g/mol. The largest absolute Gasteiger partial charge is 0.391 e. The first-order valence-electron chi connectivity index (χ1n) is 10.9. The molecule has 1 heterocycles. The highest BCUT2D eigenvalue weighted by atomic mass is 32.2. The first-order valence-corrected chi connectivity index (χ1v) is 12.5. The molecule has 158 valence electrons. The zero-order chi connectivity index (χ0) is 20.4. The Morgan fingerprint density at radius 1 is 1.00 bits per heavy atom. The predicted molar refractivity (Wildman–Crippen MR) is 117 cm³/mol. The van der Waals surface area contributed by atoms with Crippen molar-refractivity contribution in [3.05, 3.63) is 29.8 Å². The van der Waals surface area contributed by atoms with Gasteiger partial charge in [0.05, 0.1) is 16.6 Å². The molecule has 1 aliphatic carbocycles. The fourth-order valence-electron chi connectivity index (χ4n) is 4.47. The van der Waals surface area contributed by atoms with Crippen molar-refractivity contribution in [1.29, 1.82) is 0 Å². The van der Waals surface area contributed by atoms with Crippen molar-refractivity contribution in [2.24, 2.45) is 11.8 Å². The van der Waals surface area contributed by atoms with Gasteiger partial charge in [-0.3, -0.25) is 0 Å². The highest BCUT2D eigenvalue weighted by molar-refractivity contribution is 7.92. The van der Waals surface area contributed by atoms with Crippen LogP contribution in [0.15, 0.2) is 24.3 Å². The maximum atomic E-state index is 12.4. The summed E-state index contributed by atoms with van der Waals surface area (Å²) in [5, 5.41) is 9.69. The number of aryl methyl sites for hydroxylation is 1. The maximum absolute atomic E-state index is 12.4. The topological polar surface area (TPSA) is 57.6 Å². The normalized spacial score (nSPS) is 26.6. The van der Waals surface area contributed by atoms with Crippen LogP contribution < -0.4 is 4.90 Å². The predicted octanol–water partition coefficient (Wildman–Crippen LogP) is 4.21. The van der Waals surface area contributed by atoms with E-state index >= 15 is 0 Å². The monoisotopic (exact) mass is 407 g/mol. The van der Waals surface area contributed by atoms with E-state index in [0.29, 0.717) is 11.7 Å². The quantitative estimate of drug-likeness (QED) is 0.767. The van der Waals surface area contributed by atoms with Crippen molar-refractivity contribution in [3.8, 4) is 0 Å². The second kappa shape index (κ2) is 8.74. The second-order valence-corrected chi connectivity index (χ2v) is 12.7. The molecule has 0 amide bonds. The fraction of sp³-hybridized carbons (Fsp3) is 0.739. The van der Waals surface area contributed by atoms with Crippen molar-refractivity contribution in [1.82, 2.24) is 0 Å². The van der Waals surface area contributed by atoms with E-state index < -0.39 is 14.6 Å². The van der Waals surface area contributed by atoms with E-state index in [1.807, 2.05) is 20.8 Å². The van der Waals surface area contributed by atoms with Crippen LogP contribution in [0.4, 0.5) is 5.69 Å². The number of rotatable bonds is 6. The van der Waals surface area contributed by atoms with E-state index in [1.54, 1.807) is 0 Å². The molecule has 1 aromatic rings. The summed E-state index contributed by atoms with van der Waals surface area (Å²) < 4.78 is 24.2. The standard InChI is InChI=1S/C23H37NO3S/c1-23(2,3)28(26,27)17-20-8-6-18(7-9-20)4-5-19-10-12-21(13-11-19)24-15-14-22(25)16-24/h10-13,18,20,22,25H,4-9,14-17H2,1-3H3. The molecular formula is C23H37NO3S. The first kappa shape index (κ1) is 21.6. The average Bonchev–Trinajstić information content (AvgIpc) is 3.07. The van der Waals surface area contributed by atoms with Crippen LogP contribution in [0.3, 0.4) is 0 Å². The smallest absolute Gasteiger partial charge is 0.155 e. The van der Waals surface area contributed by atoms with E-state index in [1.165, 1.54) is 17.7 Å². The van der Waals surface area contributed by atoms with Gasteiger partial charge in [-0.25, -0.2) is 8.42 Å². The number of sulfone groups is 1. The molecule has 1 saturated carbocycles. The van der Waals surface area contributed by atoms with E-state index in [4.69, 9.17) is 0 Å². The Morgan fingerprint density at radius 2 is 1.61 bits per heavy atom. The zero-order valence-corrected chi connectivity index (χ0v) is 18.5. The third-order valence-corrected chi connectivity index (χ3v) is 9.44. The summed E-state index contributed by atoms with van der Waals surface area (Å²) in [6.45, 7) is 7.11. The van der Waals surface area contributed by atoms with Crippen LogP contribution in [-0.2, 0) is 16.3 Å². The van der Waals surface area contributed by atoms with E-state index in [0.717, 1.165) is 57.5 Å². The molecule has 0 aromatic heterocycles. The summed E-state index contributed by atoms with van der Waals surface area (Å²) in [4.78, 5) is 2.25. The number of hydrogen-bond acceptors (Lipinski definition) is 4. The number of β-amino-alcohol motifs (C(OH)–C–C–N with tert-alkyl or cyclic N) is 1.